The Kier molecular flexibility index (Phi) is 8.22. The molecule has 0 unspecified atom stereocenters. The Bertz CT molecular complexity index is 641. The molecule has 3 aliphatic rings. The van der Waals surface area contributed by atoms with Crippen molar-refractivity contribution < 1.29 is 14.3 Å². The van der Waals surface area contributed by atoms with Crippen LogP contribution in [-0.2, 0) is 4.74 Å². The van der Waals surface area contributed by atoms with Crippen LogP contribution in [0, 0.1) is 11.8 Å². The smallest absolute Gasteiger partial charge is 0.412 e. The highest BCUT2D eigenvalue weighted by Crippen LogP contribution is 2.44. The SMILES string of the molecule is CCCCCCCOc1ccccc1NC(=O)O[C@H]1C2CCC(CC2)[C@@H]1N(C)C. The van der Waals surface area contributed by atoms with Gasteiger partial charge in [-0.1, -0.05) is 44.7 Å². The zero-order valence-electron chi connectivity index (χ0n) is 18.4. The van der Waals surface area contributed by atoms with E-state index in [2.05, 4.69) is 31.2 Å². The number of fused-ring (bicyclic) bond motifs is 3. The fraction of sp³-hybridized carbons (Fsp3) is 0.708. The van der Waals surface area contributed by atoms with Crippen LogP contribution < -0.4 is 10.1 Å². The summed E-state index contributed by atoms with van der Waals surface area (Å²) < 4.78 is 11.9. The first-order valence-corrected chi connectivity index (χ1v) is 11.5. The van der Waals surface area contributed by atoms with Gasteiger partial charge in [-0.15, -0.1) is 0 Å². The Labute approximate surface area is 176 Å². The number of amides is 1. The monoisotopic (exact) mass is 402 g/mol. The Morgan fingerprint density at radius 2 is 1.72 bits per heavy atom. The predicted molar refractivity (Wildman–Crippen MR) is 118 cm³/mol. The molecule has 1 N–H and O–H groups in total. The highest BCUT2D eigenvalue weighted by atomic mass is 16.6. The van der Waals surface area contributed by atoms with Gasteiger partial charge in [0, 0.05) is 6.04 Å². The number of hydrogen-bond donors (Lipinski definition) is 1. The molecule has 4 rings (SSSR count). The molecule has 3 fully saturated rings. The molecule has 0 radical (unpaired) electrons. The summed E-state index contributed by atoms with van der Waals surface area (Å²) in [7, 11) is 4.20. The Hall–Kier alpha value is -1.75. The maximum Gasteiger partial charge on any atom is 0.412 e. The first-order valence-electron chi connectivity index (χ1n) is 11.5. The van der Waals surface area contributed by atoms with Crippen molar-refractivity contribution in [2.75, 3.05) is 26.0 Å². The molecule has 1 aromatic rings. The van der Waals surface area contributed by atoms with Crippen LogP contribution >= 0.6 is 0 Å². The van der Waals surface area contributed by atoms with E-state index in [0.29, 0.717) is 35.9 Å². The number of carbonyl (C=O) groups excluding carboxylic acids is 1. The lowest BCUT2D eigenvalue weighted by Crippen LogP contribution is -2.56. The summed E-state index contributed by atoms with van der Waals surface area (Å²) in [5.74, 6) is 1.83. The topological polar surface area (TPSA) is 50.8 Å². The Morgan fingerprint density at radius 3 is 2.45 bits per heavy atom. The molecule has 0 saturated heterocycles. The highest BCUT2D eigenvalue weighted by molar-refractivity contribution is 5.86. The van der Waals surface area contributed by atoms with Gasteiger partial charge in [0.2, 0.25) is 0 Å². The summed E-state index contributed by atoms with van der Waals surface area (Å²) in [5, 5.41) is 2.93. The summed E-state index contributed by atoms with van der Waals surface area (Å²) in [6.07, 6.45) is 10.5. The van der Waals surface area contributed by atoms with Gasteiger partial charge >= 0.3 is 6.09 Å². The highest BCUT2D eigenvalue weighted by Gasteiger charge is 2.46. The second kappa shape index (κ2) is 10.9. The molecule has 29 heavy (non-hydrogen) atoms. The number of benzene rings is 1. The minimum absolute atomic E-state index is 0.0239. The van der Waals surface area contributed by atoms with Crippen LogP contribution in [0.2, 0.25) is 0 Å². The quantitative estimate of drug-likeness (QED) is 0.510. The van der Waals surface area contributed by atoms with Crippen molar-refractivity contribution in [3.63, 3.8) is 0 Å². The maximum atomic E-state index is 12.7. The van der Waals surface area contributed by atoms with Crippen molar-refractivity contribution in [1.29, 1.82) is 0 Å². The molecule has 2 bridgehead atoms. The number of ether oxygens (including phenoxy) is 2. The molecule has 1 amide bonds. The predicted octanol–water partition coefficient (Wildman–Crippen LogP) is 5.70. The number of hydrogen-bond acceptors (Lipinski definition) is 4. The van der Waals surface area contributed by atoms with Crippen LogP contribution in [0.5, 0.6) is 5.75 Å². The summed E-state index contributed by atoms with van der Waals surface area (Å²) >= 11 is 0. The summed E-state index contributed by atoms with van der Waals surface area (Å²) in [4.78, 5) is 15.0. The summed E-state index contributed by atoms with van der Waals surface area (Å²) in [6.45, 7) is 2.89. The van der Waals surface area contributed by atoms with E-state index in [1.54, 1.807) is 0 Å². The second-order valence-corrected chi connectivity index (χ2v) is 8.88. The van der Waals surface area contributed by atoms with Gasteiger partial charge in [0.1, 0.15) is 11.9 Å². The molecule has 0 aromatic heterocycles. The van der Waals surface area contributed by atoms with Crippen molar-refractivity contribution in [2.24, 2.45) is 11.8 Å². The molecule has 0 aliphatic heterocycles. The molecule has 1 aromatic carbocycles. The number of likely N-dealkylation sites (N-methyl/N-ethyl adjacent to an activating group) is 1. The third-order valence-corrected chi connectivity index (χ3v) is 6.57. The molecule has 2 atom stereocenters. The second-order valence-electron chi connectivity index (χ2n) is 8.88. The summed E-state index contributed by atoms with van der Waals surface area (Å²) in [5.41, 5.74) is 0.688. The largest absolute Gasteiger partial charge is 0.491 e. The minimum atomic E-state index is -0.367. The Morgan fingerprint density at radius 1 is 1.03 bits per heavy atom. The van der Waals surface area contributed by atoms with E-state index >= 15 is 0 Å². The molecule has 5 heteroatoms. The normalized spacial score (nSPS) is 25.8. The average molecular weight is 403 g/mol. The third kappa shape index (κ3) is 5.88. The molecule has 162 valence electrons. The van der Waals surface area contributed by atoms with Gasteiger partial charge in [-0.2, -0.15) is 0 Å². The molecule has 0 spiro atoms. The lowest BCUT2D eigenvalue weighted by Gasteiger charge is -2.50. The molecule has 3 aliphatic carbocycles. The first-order chi connectivity index (χ1) is 14.1. The molecule has 0 heterocycles. The molecular weight excluding hydrogens is 364 g/mol. The number of rotatable bonds is 10. The number of nitrogens with zero attached hydrogens (tertiary/aromatic N) is 1. The fourth-order valence-corrected chi connectivity index (χ4v) is 5.09. The zero-order chi connectivity index (χ0) is 20.6. The van der Waals surface area contributed by atoms with Crippen LogP contribution in [0.4, 0.5) is 10.5 Å². The van der Waals surface area contributed by atoms with Crippen molar-refractivity contribution in [2.45, 2.75) is 76.9 Å². The van der Waals surface area contributed by atoms with E-state index in [1.807, 2.05) is 24.3 Å². The standard InChI is InChI=1S/C24H38N2O3/c1-4-5-6-7-10-17-28-21-12-9-8-11-20(21)25-24(27)29-23-19-15-13-18(14-16-19)22(23)26(2)3/h8-9,11-12,18-19,22-23H,4-7,10,13-17H2,1-3H3,(H,25,27)/t18?,19?,22-,23-/m0/s1. The van der Waals surface area contributed by atoms with Crippen LogP contribution in [0.15, 0.2) is 24.3 Å². The van der Waals surface area contributed by atoms with Gasteiger partial charge in [0.25, 0.3) is 0 Å². The van der Waals surface area contributed by atoms with Crippen LogP contribution in [0.25, 0.3) is 0 Å². The van der Waals surface area contributed by atoms with E-state index in [-0.39, 0.29) is 12.2 Å². The Balaban J connectivity index is 1.54. The number of unbranched alkanes of at least 4 members (excludes halogenated alkanes) is 4. The zero-order valence-corrected chi connectivity index (χ0v) is 18.4. The minimum Gasteiger partial charge on any atom is -0.491 e. The first kappa shape index (κ1) is 21.9. The van der Waals surface area contributed by atoms with E-state index < -0.39 is 0 Å². The molecular formula is C24H38N2O3. The van der Waals surface area contributed by atoms with E-state index in [4.69, 9.17) is 9.47 Å². The van der Waals surface area contributed by atoms with Crippen molar-refractivity contribution >= 4 is 11.8 Å². The fourth-order valence-electron chi connectivity index (χ4n) is 5.09. The third-order valence-electron chi connectivity index (χ3n) is 6.57. The van der Waals surface area contributed by atoms with Crippen molar-refractivity contribution in [3.05, 3.63) is 24.3 Å². The van der Waals surface area contributed by atoms with Gasteiger partial charge < -0.3 is 14.4 Å². The number of anilines is 1. The van der Waals surface area contributed by atoms with E-state index in [0.717, 1.165) is 6.42 Å². The average Bonchev–Trinajstić information content (AvgIpc) is 2.72. The lowest BCUT2D eigenvalue weighted by molar-refractivity contribution is -0.0703. The van der Waals surface area contributed by atoms with Gasteiger partial charge in [-0.3, -0.25) is 5.32 Å². The van der Waals surface area contributed by atoms with Crippen LogP contribution in [0.1, 0.15) is 64.7 Å². The van der Waals surface area contributed by atoms with Crippen LogP contribution in [0.3, 0.4) is 0 Å². The molecule has 3 saturated carbocycles. The number of nitrogens with one attached hydrogen (secondary N) is 1. The van der Waals surface area contributed by atoms with E-state index in [1.165, 1.54) is 51.4 Å². The van der Waals surface area contributed by atoms with Gasteiger partial charge in [0.15, 0.2) is 0 Å². The number of para-hydroxylation sites is 2. The number of carbonyl (C=O) groups is 1. The van der Waals surface area contributed by atoms with Crippen molar-refractivity contribution in [1.82, 2.24) is 4.90 Å². The van der Waals surface area contributed by atoms with E-state index in [9.17, 15) is 4.79 Å². The summed E-state index contributed by atoms with van der Waals surface area (Å²) in [6, 6.07) is 7.96. The van der Waals surface area contributed by atoms with Gasteiger partial charge in [0.05, 0.1) is 12.3 Å². The van der Waals surface area contributed by atoms with Crippen LogP contribution in [-0.4, -0.2) is 43.8 Å². The van der Waals surface area contributed by atoms with Gasteiger partial charge in [-0.05, 0) is 70.2 Å². The van der Waals surface area contributed by atoms with Crippen molar-refractivity contribution in [3.8, 4) is 5.75 Å². The van der Waals surface area contributed by atoms with Gasteiger partial charge in [-0.25, -0.2) is 4.79 Å². The lowest BCUT2D eigenvalue weighted by atomic mass is 9.65. The maximum absolute atomic E-state index is 12.7. The molecule has 5 nitrogen and oxygen atoms in total.